The van der Waals surface area contributed by atoms with Crippen molar-refractivity contribution in [3.05, 3.63) is 63.1 Å². The molecule has 0 unspecified atom stereocenters. The molecular weight excluding hydrogens is 297 g/mol. The summed E-state index contributed by atoms with van der Waals surface area (Å²) in [6.07, 6.45) is 0. The topological polar surface area (TPSA) is 52.3 Å². The van der Waals surface area contributed by atoms with Gasteiger partial charge in [0, 0.05) is 21.3 Å². The Labute approximate surface area is 127 Å². The molecule has 0 amide bonds. The number of rotatable bonds is 3. The highest BCUT2D eigenvalue weighted by Gasteiger charge is 2.13. The fourth-order valence-electron chi connectivity index (χ4n) is 1.80. The second-order valence-corrected chi connectivity index (χ2v) is 5.17. The van der Waals surface area contributed by atoms with Gasteiger partial charge in [0.1, 0.15) is 6.61 Å². The van der Waals surface area contributed by atoms with Crippen LogP contribution in [-0.2, 0) is 11.3 Å². The van der Waals surface area contributed by atoms with Gasteiger partial charge in [-0.3, -0.25) is 0 Å². The minimum atomic E-state index is -0.432. The molecule has 0 aliphatic carbocycles. The van der Waals surface area contributed by atoms with Gasteiger partial charge in [-0.25, -0.2) is 4.79 Å². The first kappa shape index (κ1) is 14.7. The van der Waals surface area contributed by atoms with Crippen LogP contribution in [0.5, 0.6) is 0 Å². The molecule has 0 aliphatic rings. The van der Waals surface area contributed by atoms with E-state index in [0.29, 0.717) is 26.9 Å². The Balaban J connectivity index is 2.13. The third-order valence-corrected chi connectivity index (χ3v) is 3.59. The minimum Gasteiger partial charge on any atom is -0.457 e. The van der Waals surface area contributed by atoms with Crippen molar-refractivity contribution in [1.82, 2.24) is 0 Å². The smallest absolute Gasteiger partial charge is 0.338 e. The molecule has 0 spiro atoms. The van der Waals surface area contributed by atoms with Crippen LogP contribution in [0.3, 0.4) is 0 Å². The molecular formula is C15H13Cl2NO2. The molecule has 3 nitrogen and oxygen atoms in total. The molecule has 0 saturated carbocycles. The molecule has 2 rings (SSSR count). The molecule has 0 bridgehead atoms. The van der Waals surface area contributed by atoms with Crippen molar-refractivity contribution in [3.63, 3.8) is 0 Å². The van der Waals surface area contributed by atoms with Crippen molar-refractivity contribution in [1.29, 1.82) is 0 Å². The molecule has 5 heteroatoms. The largest absolute Gasteiger partial charge is 0.457 e. The summed E-state index contributed by atoms with van der Waals surface area (Å²) in [5, 5.41) is 0.943. The van der Waals surface area contributed by atoms with Crippen LogP contribution >= 0.6 is 23.2 Å². The summed E-state index contributed by atoms with van der Waals surface area (Å²) < 4.78 is 5.25. The molecule has 0 aliphatic heterocycles. The van der Waals surface area contributed by atoms with Gasteiger partial charge in [0.25, 0.3) is 0 Å². The van der Waals surface area contributed by atoms with Crippen molar-refractivity contribution >= 4 is 34.9 Å². The second kappa shape index (κ2) is 6.16. The van der Waals surface area contributed by atoms with Gasteiger partial charge in [0.15, 0.2) is 0 Å². The van der Waals surface area contributed by atoms with Crippen LogP contribution in [0.25, 0.3) is 0 Å². The molecule has 0 radical (unpaired) electrons. The lowest BCUT2D eigenvalue weighted by Crippen LogP contribution is -2.08. The summed E-state index contributed by atoms with van der Waals surface area (Å²) in [7, 11) is 0. The lowest BCUT2D eigenvalue weighted by Gasteiger charge is -2.10. The van der Waals surface area contributed by atoms with E-state index in [1.54, 1.807) is 43.3 Å². The van der Waals surface area contributed by atoms with Crippen LogP contribution in [0.1, 0.15) is 21.5 Å². The molecule has 0 heterocycles. The van der Waals surface area contributed by atoms with Crippen LogP contribution in [0.15, 0.2) is 36.4 Å². The first-order chi connectivity index (χ1) is 9.49. The summed E-state index contributed by atoms with van der Waals surface area (Å²) in [5.74, 6) is -0.432. The van der Waals surface area contributed by atoms with E-state index in [2.05, 4.69) is 0 Å². The van der Waals surface area contributed by atoms with E-state index < -0.39 is 5.97 Å². The highest BCUT2D eigenvalue weighted by atomic mass is 35.5. The fraction of sp³-hybridized carbons (Fsp3) is 0.133. The van der Waals surface area contributed by atoms with Crippen molar-refractivity contribution in [2.45, 2.75) is 13.5 Å². The maximum Gasteiger partial charge on any atom is 0.338 e. The number of nitrogens with two attached hydrogens (primary N) is 1. The van der Waals surface area contributed by atoms with Gasteiger partial charge in [0.2, 0.25) is 0 Å². The zero-order valence-corrected chi connectivity index (χ0v) is 12.3. The highest BCUT2D eigenvalue weighted by molar-refractivity contribution is 6.35. The van der Waals surface area contributed by atoms with Crippen LogP contribution < -0.4 is 5.73 Å². The zero-order chi connectivity index (χ0) is 14.7. The van der Waals surface area contributed by atoms with Crippen LogP contribution in [-0.4, -0.2) is 5.97 Å². The average Bonchev–Trinajstić information content (AvgIpc) is 2.37. The number of nitrogen functional groups attached to an aromatic ring is 1. The molecule has 0 atom stereocenters. The number of hydrogen-bond acceptors (Lipinski definition) is 3. The molecule has 2 aromatic carbocycles. The number of carbonyl (C=O) groups is 1. The fourth-order valence-corrected chi connectivity index (χ4v) is 2.31. The first-order valence-electron chi connectivity index (χ1n) is 5.95. The summed E-state index contributed by atoms with van der Waals surface area (Å²) in [5.41, 5.74) is 8.08. The van der Waals surface area contributed by atoms with Gasteiger partial charge >= 0.3 is 5.97 Å². The van der Waals surface area contributed by atoms with Gasteiger partial charge in [-0.1, -0.05) is 29.3 Å². The van der Waals surface area contributed by atoms with E-state index in [0.717, 1.165) is 5.56 Å². The quantitative estimate of drug-likeness (QED) is 0.681. The predicted octanol–water partition coefficient (Wildman–Crippen LogP) is 4.24. The van der Waals surface area contributed by atoms with E-state index in [1.165, 1.54) is 0 Å². The van der Waals surface area contributed by atoms with Gasteiger partial charge in [-0.05, 0) is 42.8 Å². The van der Waals surface area contributed by atoms with E-state index in [-0.39, 0.29) is 6.61 Å². The number of halogens is 2. The summed E-state index contributed by atoms with van der Waals surface area (Å²) in [6.45, 7) is 1.83. The van der Waals surface area contributed by atoms with Crippen molar-refractivity contribution < 1.29 is 9.53 Å². The third kappa shape index (κ3) is 3.24. The Morgan fingerprint density at radius 3 is 2.45 bits per heavy atom. The number of ether oxygens (including phenoxy) is 1. The molecule has 104 valence electrons. The normalized spacial score (nSPS) is 10.3. The van der Waals surface area contributed by atoms with Gasteiger partial charge < -0.3 is 10.5 Å². The van der Waals surface area contributed by atoms with Crippen LogP contribution in [0.2, 0.25) is 10.0 Å². The highest BCUT2D eigenvalue weighted by Crippen LogP contribution is 2.25. The van der Waals surface area contributed by atoms with Gasteiger partial charge in [-0.2, -0.15) is 0 Å². The third-order valence-electron chi connectivity index (χ3n) is 2.88. The monoisotopic (exact) mass is 309 g/mol. The van der Waals surface area contributed by atoms with Crippen LogP contribution in [0, 0.1) is 6.92 Å². The summed E-state index contributed by atoms with van der Waals surface area (Å²) in [4.78, 5) is 12.0. The maximum absolute atomic E-state index is 12.0. The Bertz CT molecular complexity index is 636. The van der Waals surface area contributed by atoms with E-state index >= 15 is 0 Å². The lowest BCUT2D eigenvalue weighted by molar-refractivity contribution is 0.0472. The molecule has 0 fully saturated rings. The van der Waals surface area contributed by atoms with Crippen molar-refractivity contribution in [2.75, 3.05) is 5.73 Å². The molecule has 2 aromatic rings. The Kier molecular flexibility index (Phi) is 4.53. The number of hydrogen-bond donors (Lipinski definition) is 1. The Morgan fingerprint density at radius 1 is 1.20 bits per heavy atom. The summed E-state index contributed by atoms with van der Waals surface area (Å²) in [6, 6.07) is 10.2. The molecule has 20 heavy (non-hydrogen) atoms. The minimum absolute atomic E-state index is 0.0289. The lowest BCUT2D eigenvalue weighted by atomic mass is 10.1. The van der Waals surface area contributed by atoms with E-state index in [1.807, 2.05) is 0 Å². The number of anilines is 1. The van der Waals surface area contributed by atoms with Gasteiger partial charge in [0.05, 0.1) is 5.56 Å². The summed E-state index contributed by atoms with van der Waals surface area (Å²) >= 11 is 12.0. The maximum atomic E-state index is 12.0. The average molecular weight is 310 g/mol. The molecule has 2 N–H and O–H groups in total. The van der Waals surface area contributed by atoms with Crippen molar-refractivity contribution in [2.24, 2.45) is 0 Å². The van der Waals surface area contributed by atoms with Crippen molar-refractivity contribution in [3.8, 4) is 0 Å². The molecule has 0 saturated heterocycles. The standard InChI is InChI=1S/C15H13Cl2NO2/c1-9-7-10(18)5-6-11(9)15(19)20-8-12-13(16)3-2-4-14(12)17/h2-7H,8,18H2,1H3. The Hall–Kier alpha value is -1.71. The van der Waals surface area contributed by atoms with E-state index in [9.17, 15) is 4.79 Å². The Morgan fingerprint density at radius 2 is 1.85 bits per heavy atom. The van der Waals surface area contributed by atoms with E-state index in [4.69, 9.17) is 33.7 Å². The zero-order valence-electron chi connectivity index (χ0n) is 10.8. The van der Waals surface area contributed by atoms with Gasteiger partial charge in [-0.15, -0.1) is 0 Å². The SMILES string of the molecule is Cc1cc(N)ccc1C(=O)OCc1c(Cl)cccc1Cl. The van der Waals surface area contributed by atoms with Crippen LogP contribution in [0.4, 0.5) is 5.69 Å². The molecule has 0 aromatic heterocycles. The number of benzene rings is 2. The predicted molar refractivity (Wildman–Crippen MR) is 81.2 cm³/mol. The number of carbonyl (C=O) groups excluding carboxylic acids is 1. The number of aryl methyl sites for hydroxylation is 1. The number of esters is 1. The first-order valence-corrected chi connectivity index (χ1v) is 6.71. The second-order valence-electron chi connectivity index (χ2n) is 4.35.